The van der Waals surface area contributed by atoms with Crippen LogP contribution in [0.25, 0.3) is 21.7 Å². The lowest BCUT2D eigenvalue weighted by molar-refractivity contribution is -0.115. The number of anilines is 1. The number of hydrogen-bond donors (Lipinski definition) is 1. The first-order chi connectivity index (χ1) is 12.2. The fourth-order valence-electron chi connectivity index (χ4n) is 2.54. The molecule has 4 aromatic rings. The van der Waals surface area contributed by atoms with Gasteiger partial charge in [0.05, 0.1) is 22.3 Å². The van der Waals surface area contributed by atoms with Crippen molar-refractivity contribution in [2.45, 2.75) is 13.3 Å². The topological polar surface area (TPSA) is 68.0 Å². The van der Waals surface area contributed by atoms with E-state index in [2.05, 4.69) is 15.3 Å². The van der Waals surface area contributed by atoms with Gasteiger partial charge in [-0.25, -0.2) is 9.97 Å². The van der Waals surface area contributed by atoms with Crippen LogP contribution < -0.4 is 5.32 Å². The van der Waals surface area contributed by atoms with Crippen molar-refractivity contribution in [3.63, 3.8) is 0 Å². The quantitative estimate of drug-likeness (QED) is 0.591. The average Bonchev–Trinajstić information content (AvgIpc) is 3.18. The number of hydrogen-bond acceptors (Lipinski definition) is 5. The van der Waals surface area contributed by atoms with Crippen LogP contribution >= 0.6 is 11.3 Å². The summed E-state index contributed by atoms with van der Waals surface area (Å²) in [5.74, 6) is 1.02. The molecule has 0 aliphatic heterocycles. The third kappa shape index (κ3) is 3.29. The number of carbonyl (C=O) groups is 1. The number of amides is 1. The van der Waals surface area contributed by atoms with Crippen molar-refractivity contribution in [1.29, 1.82) is 0 Å². The molecule has 1 N–H and O–H groups in total. The Morgan fingerprint density at radius 1 is 1.08 bits per heavy atom. The molecule has 2 aromatic carbocycles. The first-order valence-electron chi connectivity index (χ1n) is 7.86. The number of para-hydroxylation sites is 1. The molecule has 0 aliphatic carbocycles. The molecule has 25 heavy (non-hydrogen) atoms. The highest BCUT2D eigenvalue weighted by Crippen LogP contribution is 2.26. The Labute approximate surface area is 148 Å². The SMILES string of the molecule is Cc1oc(-c2ccccc2)nc1CC(=O)Nc1nc2ccccc2s1. The molecule has 0 unspecified atom stereocenters. The van der Waals surface area contributed by atoms with Gasteiger partial charge in [-0.05, 0) is 31.2 Å². The highest BCUT2D eigenvalue weighted by molar-refractivity contribution is 7.22. The number of nitrogens with one attached hydrogen (secondary N) is 1. The first-order valence-corrected chi connectivity index (χ1v) is 8.68. The molecule has 0 saturated carbocycles. The summed E-state index contributed by atoms with van der Waals surface area (Å²) in [6.07, 6.45) is 0.151. The van der Waals surface area contributed by atoms with Crippen molar-refractivity contribution < 1.29 is 9.21 Å². The van der Waals surface area contributed by atoms with E-state index in [4.69, 9.17) is 4.42 Å². The van der Waals surface area contributed by atoms with E-state index in [1.807, 2.05) is 61.5 Å². The lowest BCUT2D eigenvalue weighted by Gasteiger charge is -1.99. The van der Waals surface area contributed by atoms with E-state index < -0.39 is 0 Å². The van der Waals surface area contributed by atoms with Gasteiger partial charge in [0.2, 0.25) is 11.8 Å². The number of aryl methyl sites for hydroxylation is 1. The van der Waals surface area contributed by atoms with Crippen molar-refractivity contribution >= 4 is 32.6 Å². The summed E-state index contributed by atoms with van der Waals surface area (Å²) < 4.78 is 6.74. The predicted octanol–water partition coefficient (Wildman–Crippen LogP) is 4.44. The number of aromatic nitrogens is 2. The van der Waals surface area contributed by atoms with Crippen LogP contribution in [0.2, 0.25) is 0 Å². The number of oxazole rings is 1. The smallest absolute Gasteiger partial charge is 0.232 e. The van der Waals surface area contributed by atoms with Gasteiger partial charge >= 0.3 is 0 Å². The fourth-order valence-corrected chi connectivity index (χ4v) is 3.42. The largest absolute Gasteiger partial charge is 0.441 e. The lowest BCUT2D eigenvalue weighted by Crippen LogP contribution is -2.14. The molecule has 0 bridgehead atoms. The maximum atomic E-state index is 12.3. The Bertz CT molecular complexity index is 1000. The van der Waals surface area contributed by atoms with Gasteiger partial charge in [0, 0.05) is 5.56 Å². The van der Waals surface area contributed by atoms with Crippen LogP contribution in [-0.2, 0) is 11.2 Å². The zero-order chi connectivity index (χ0) is 17.2. The number of carbonyl (C=O) groups excluding carboxylic acids is 1. The van der Waals surface area contributed by atoms with Gasteiger partial charge in [0.1, 0.15) is 5.76 Å². The number of rotatable bonds is 4. The molecule has 2 heterocycles. The highest BCUT2D eigenvalue weighted by atomic mass is 32.1. The van der Waals surface area contributed by atoms with Crippen LogP contribution in [0.1, 0.15) is 11.5 Å². The minimum Gasteiger partial charge on any atom is -0.441 e. The van der Waals surface area contributed by atoms with Crippen LogP contribution in [0, 0.1) is 6.92 Å². The minimum absolute atomic E-state index is 0.151. The monoisotopic (exact) mass is 349 g/mol. The van der Waals surface area contributed by atoms with Crippen molar-refractivity contribution in [3.8, 4) is 11.5 Å². The summed E-state index contributed by atoms with van der Waals surface area (Å²) in [7, 11) is 0. The van der Waals surface area contributed by atoms with Crippen molar-refractivity contribution in [3.05, 3.63) is 66.1 Å². The van der Waals surface area contributed by atoms with E-state index >= 15 is 0 Å². The van der Waals surface area contributed by atoms with E-state index in [1.165, 1.54) is 11.3 Å². The third-order valence-corrected chi connectivity index (χ3v) is 4.73. The van der Waals surface area contributed by atoms with Gasteiger partial charge in [-0.15, -0.1) is 0 Å². The average molecular weight is 349 g/mol. The Balaban J connectivity index is 1.50. The van der Waals surface area contributed by atoms with E-state index in [0.717, 1.165) is 15.8 Å². The molecule has 124 valence electrons. The van der Waals surface area contributed by atoms with Gasteiger partial charge < -0.3 is 9.73 Å². The molecule has 6 heteroatoms. The van der Waals surface area contributed by atoms with Gasteiger partial charge in [0.25, 0.3) is 0 Å². The Hall–Kier alpha value is -2.99. The molecule has 0 aliphatic rings. The Kier molecular flexibility index (Phi) is 4.03. The van der Waals surface area contributed by atoms with Crippen molar-refractivity contribution in [1.82, 2.24) is 9.97 Å². The zero-order valence-corrected chi connectivity index (χ0v) is 14.3. The summed E-state index contributed by atoms with van der Waals surface area (Å²) in [5, 5.41) is 3.44. The minimum atomic E-state index is -0.157. The summed E-state index contributed by atoms with van der Waals surface area (Å²) in [5.41, 5.74) is 2.41. The second-order valence-electron chi connectivity index (χ2n) is 5.60. The number of thiazole rings is 1. The molecule has 0 atom stereocenters. The van der Waals surface area contributed by atoms with Crippen molar-refractivity contribution in [2.75, 3.05) is 5.32 Å². The molecular weight excluding hydrogens is 334 g/mol. The van der Waals surface area contributed by atoms with E-state index in [0.29, 0.717) is 22.5 Å². The van der Waals surface area contributed by atoms with Gasteiger partial charge in [-0.3, -0.25) is 4.79 Å². The number of nitrogens with zero attached hydrogens (tertiary/aromatic N) is 2. The van der Waals surface area contributed by atoms with Crippen LogP contribution in [0.5, 0.6) is 0 Å². The number of benzene rings is 2. The molecule has 2 aromatic heterocycles. The zero-order valence-electron chi connectivity index (χ0n) is 13.5. The summed E-state index contributed by atoms with van der Waals surface area (Å²) in [6, 6.07) is 17.4. The maximum Gasteiger partial charge on any atom is 0.232 e. The maximum absolute atomic E-state index is 12.3. The van der Waals surface area contributed by atoms with Crippen LogP contribution in [0.4, 0.5) is 5.13 Å². The third-order valence-electron chi connectivity index (χ3n) is 3.78. The molecule has 5 nitrogen and oxygen atoms in total. The normalized spacial score (nSPS) is 10.9. The highest BCUT2D eigenvalue weighted by Gasteiger charge is 2.15. The van der Waals surface area contributed by atoms with Crippen LogP contribution in [-0.4, -0.2) is 15.9 Å². The fraction of sp³-hybridized carbons (Fsp3) is 0.105. The lowest BCUT2D eigenvalue weighted by atomic mass is 10.2. The summed E-state index contributed by atoms with van der Waals surface area (Å²) in [6.45, 7) is 1.82. The van der Waals surface area contributed by atoms with Gasteiger partial charge in [0.15, 0.2) is 5.13 Å². The molecule has 1 amide bonds. The van der Waals surface area contributed by atoms with E-state index in [9.17, 15) is 4.79 Å². The molecule has 0 fully saturated rings. The predicted molar refractivity (Wildman–Crippen MR) is 98.6 cm³/mol. The second-order valence-corrected chi connectivity index (χ2v) is 6.63. The van der Waals surface area contributed by atoms with E-state index in [-0.39, 0.29) is 12.3 Å². The Morgan fingerprint density at radius 2 is 1.84 bits per heavy atom. The van der Waals surface area contributed by atoms with Gasteiger partial charge in [-0.1, -0.05) is 41.7 Å². The summed E-state index contributed by atoms with van der Waals surface area (Å²) >= 11 is 1.46. The van der Waals surface area contributed by atoms with Crippen LogP contribution in [0.15, 0.2) is 59.0 Å². The van der Waals surface area contributed by atoms with Gasteiger partial charge in [-0.2, -0.15) is 0 Å². The molecular formula is C19H15N3O2S. The van der Waals surface area contributed by atoms with Crippen LogP contribution in [0.3, 0.4) is 0 Å². The molecule has 0 radical (unpaired) electrons. The molecule has 4 rings (SSSR count). The van der Waals surface area contributed by atoms with E-state index in [1.54, 1.807) is 0 Å². The summed E-state index contributed by atoms with van der Waals surface area (Å²) in [4.78, 5) is 21.2. The second kappa shape index (κ2) is 6.49. The molecule has 0 spiro atoms. The number of fused-ring (bicyclic) bond motifs is 1. The standard InChI is InChI=1S/C19H15N3O2S/c1-12-15(20-18(24-12)13-7-3-2-4-8-13)11-17(23)22-19-21-14-9-5-6-10-16(14)25-19/h2-10H,11H2,1H3,(H,21,22,23). The Morgan fingerprint density at radius 3 is 2.64 bits per heavy atom. The first kappa shape index (κ1) is 15.5. The molecule has 0 saturated heterocycles. The van der Waals surface area contributed by atoms with Crippen molar-refractivity contribution in [2.24, 2.45) is 0 Å².